The molecule has 3 heterocycles. The van der Waals surface area contributed by atoms with Crippen LogP contribution in [0.1, 0.15) is 29.9 Å². The van der Waals surface area contributed by atoms with Gasteiger partial charge in [0.05, 0.1) is 5.69 Å². The summed E-state index contributed by atoms with van der Waals surface area (Å²) in [6.07, 6.45) is 4.25. The molecule has 28 heavy (non-hydrogen) atoms. The highest BCUT2D eigenvalue weighted by Gasteiger charge is 2.21. The van der Waals surface area contributed by atoms with Crippen molar-refractivity contribution in [1.29, 1.82) is 0 Å². The number of pyridine rings is 1. The van der Waals surface area contributed by atoms with Crippen LogP contribution < -0.4 is 9.47 Å². The van der Waals surface area contributed by atoms with E-state index in [2.05, 4.69) is 52.3 Å². The first kappa shape index (κ1) is 17.3. The highest BCUT2D eigenvalue weighted by molar-refractivity contribution is 5.59. The van der Waals surface area contributed by atoms with Gasteiger partial charge >= 0.3 is 0 Å². The van der Waals surface area contributed by atoms with Crippen molar-refractivity contribution < 1.29 is 9.47 Å². The maximum absolute atomic E-state index is 5.50. The summed E-state index contributed by atoms with van der Waals surface area (Å²) in [6.45, 7) is 3.56. The average molecular weight is 372 g/mol. The lowest BCUT2D eigenvalue weighted by Gasteiger charge is -2.32. The molecule has 2 aromatic carbocycles. The minimum Gasteiger partial charge on any atom is -0.454 e. The van der Waals surface area contributed by atoms with Gasteiger partial charge < -0.3 is 9.47 Å². The average Bonchev–Trinajstić information content (AvgIpc) is 3.23. The third kappa shape index (κ3) is 3.60. The molecule has 0 saturated carbocycles. The third-order valence-corrected chi connectivity index (χ3v) is 5.77. The molecule has 0 atom stereocenters. The number of benzene rings is 2. The number of likely N-dealkylation sites (tertiary alicyclic amines) is 1. The van der Waals surface area contributed by atoms with Crippen LogP contribution in [0.4, 0.5) is 0 Å². The molecule has 0 N–H and O–H groups in total. The zero-order valence-electron chi connectivity index (χ0n) is 15.9. The fourth-order valence-electron chi connectivity index (χ4n) is 4.18. The van der Waals surface area contributed by atoms with Crippen molar-refractivity contribution in [1.82, 2.24) is 9.88 Å². The Morgan fingerprint density at radius 2 is 1.71 bits per heavy atom. The molecular formula is C24H24N2O2. The van der Waals surface area contributed by atoms with E-state index >= 15 is 0 Å². The van der Waals surface area contributed by atoms with Crippen LogP contribution >= 0.6 is 0 Å². The van der Waals surface area contributed by atoms with Gasteiger partial charge in [-0.2, -0.15) is 0 Å². The number of rotatable bonds is 4. The van der Waals surface area contributed by atoms with E-state index in [-0.39, 0.29) is 0 Å². The number of aromatic nitrogens is 1. The van der Waals surface area contributed by atoms with Gasteiger partial charge in [0.25, 0.3) is 0 Å². The summed E-state index contributed by atoms with van der Waals surface area (Å²) in [5.74, 6) is 2.38. The first-order valence-electron chi connectivity index (χ1n) is 9.97. The lowest BCUT2D eigenvalue weighted by molar-refractivity contribution is 0.173. The molecule has 1 saturated heterocycles. The third-order valence-electron chi connectivity index (χ3n) is 5.77. The van der Waals surface area contributed by atoms with Crippen molar-refractivity contribution >= 4 is 0 Å². The number of hydrogen-bond acceptors (Lipinski definition) is 4. The van der Waals surface area contributed by atoms with Crippen molar-refractivity contribution in [2.75, 3.05) is 19.9 Å². The molecule has 0 amide bonds. The fraction of sp³-hybridized carbons (Fsp3) is 0.292. The molecular weight excluding hydrogens is 348 g/mol. The number of hydrogen-bond donors (Lipinski definition) is 0. The van der Waals surface area contributed by atoms with Crippen molar-refractivity contribution in [3.8, 4) is 22.8 Å². The van der Waals surface area contributed by atoms with E-state index < -0.39 is 0 Å². The van der Waals surface area contributed by atoms with E-state index in [4.69, 9.17) is 9.47 Å². The van der Waals surface area contributed by atoms with Crippen molar-refractivity contribution in [3.63, 3.8) is 0 Å². The predicted molar refractivity (Wildman–Crippen MR) is 109 cm³/mol. The van der Waals surface area contributed by atoms with E-state index in [1.54, 1.807) is 0 Å². The molecule has 0 unspecified atom stereocenters. The molecule has 0 aliphatic carbocycles. The van der Waals surface area contributed by atoms with Gasteiger partial charge in [-0.15, -0.1) is 0 Å². The van der Waals surface area contributed by atoms with Gasteiger partial charge in [0, 0.05) is 18.3 Å². The summed E-state index contributed by atoms with van der Waals surface area (Å²) in [6, 6.07) is 21.3. The summed E-state index contributed by atoms with van der Waals surface area (Å²) in [5, 5.41) is 0. The van der Waals surface area contributed by atoms with E-state index in [9.17, 15) is 0 Å². The molecule has 4 nitrogen and oxygen atoms in total. The number of ether oxygens (including phenoxy) is 2. The van der Waals surface area contributed by atoms with Crippen LogP contribution in [0.15, 0.2) is 66.9 Å². The van der Waals surface area contributed by atoms with Gasteiger partial charge in [0.1, 0.15) is 0 Å². The predicted octanol–water partition coefficient (Wildman–Crippen LogP) is 4.86. The van der Waals surface area contributed by atoms with E-state index in [1.807, 2.05) is 24.4 Å². The Morgan fingerprint density at radius 1 is 0.893 bits per heavy atom. The molecule has 1 aromatic heterocycles. The maximum atomic E-state index is 5.50. The molecule has 2 aliphatic heterocycles. The van der Waals surface area contributed by atoms with Crippen LogP contribution in [0.25, 0.3) is 11.3 Å². The smallest absolute Gasteiger partial charge is 0.231 e. The lowest BCUT2D eigenvalue weighted by Crippen LogP contribution is -2.32. The van der Waals surface area contributed by atoms with Crippen LogP contribution in [-0.2, 0) is 6.54 Å². The lowest BCUT2D eigenvalue weighted by atomic mass is 9.88. The number of nitrogens with zero attached hydrogens (tertiary/aromatic N) is 2. The van der Waals surface area contributed by atoms with Gasteiger partial charge in [-0.25, -0.2) is 0 Å². The highest BCUT2D eigenvalue weighted by atomic mass is 16.7. The zero-order valence-corrected chi connectivity index (χ0v) is 15.9. The van der Waals surface area contributed by atoms with Crippen LogP contribution in [0.2, 0.25) is 0 Å². The van der Waals surface area contributed by atoms with E-state index in [1.165, 1.54) is 29.5 Å². The Labute approximate surface area is 165 Å². The van der Waals surface area contributed by atoms with Crippen molar-refractivity contribution in [2.45, 2.75) is 25.3 Å². The molecule has 0 spiro atoms. The molecule has 5 rings (SSSR count). The molecule has 4 heteroatoms. The van der Waals surface area contributed by atoms with Crippen molar-refractivity contribution in [3.05, 3.63) is 78.0 Å². The largest absolute Gasteiger partial charge is 0.454 e. The SMILES string of the molecule is c1ccc(-c2ccc(C3CCN(Cc4ccc5c(c4)OCO5)CC3)cc2)nc1. The van der Waals surface area contributed by atoms with Crippen LogP contribution in [0, 0.1) is 0 Å². The molecule has 0 bridgehead atoms. The number of piperidine rings is 1. The first-order chi connectivity index (χ1) is 13.8. The standard InChI is InChI=1S/C24H24N2O2/c1-2-12-25-22(3-1)21-7-5-19(6-8-21)20-10-13-26(14-11-20)16-18-4-9-23-24(15-18)28-17-27-23/h1-9,12,15,20H,10-11,13-14,16-17H2. The van der Waals surface area contributed by atoms with E-state index in [0.29, 0.717) is 12.7 Å². The Bertz CT molecular complexity index is 933. The second-order valence-electron chi connectivity index (χ2n) is 7.58. The van der Waals surface area contributed by atoms with Gasteiger partial charge in [0.2, 0.25) is 6.79 Å². The van der Waals surface area contributed by atoms with Crippen LogP contribution in [0.3, 0.4) is 0 Å². The Morgan fingerprint density at radius 3 is 2.50 bits per heavy atom. The number of fused-ring (bicyclic) bond motifs is 1. The Kier molecular flexibility index (Phi) is 4.71. The van der Waals surface area contributed by atoms with Gasteiger partial charge in [-0.05, 0) is 67.2 Å². The summed E-state index contributed by atoms with van der Waals surface area (Å²) < 4.78 is 10.9. The zero-order chi connectivity index (χ0) is 18.8. The summed E-state index contributed by atoms with van der Waals surface area (Å²) in [4.78, 5) is 6.98. The summed E-state index contributed by atoms with van der Waals surface area (Å²) >= 11 is 0. The Balaban J connectivity index is 1.19. The maximum Gasteiger partial charge on any atom is 0.231 e. The molecule has 0 radical (unpaired) electrons. The van der Waals surface area contributed by atoms with Gasteiger partial charge in [0.15, 0.2) is 11.5 Å². The second-order valence-corrected chi connectivity index (χ2v) is 7.58. The van der Waals surface area contributed by atoms with Crippen molar-refractivity contribution in [2.24, 2.45) is 0 Å². The Hall–Kier alpha value is -2.85. The fourth-order valence-corrected chi connectivity index (χ4v) is 4.18. The monoisotopic (exact) mass is 372 g/mol. The summed E-state index contributed by atoms with van der Waals surface area (Å²) in [5.41, 5.74) is 4.96. The van der Waals surface area contributed by atoms with E-state index in [0.717, 1.165) is 36.8 Å². The topological polar surface area (TPSA) is 34.6 Å². The molecule has 3 aromatic rings. The molecule has 142 valence electrons. The minimum absolute atomic E-state index is 0.337. The van der Waals surface area contributed by atoms with Gasteiger partial charge in [-0.1, -0.05) is 36.4 Å². The normalized spacial score (nSPS) is 17.0. The summed E-state index contributed by atoms with van der Waals surface area (Å²) in [7, 11) is 0. The highest BCUT2D eigenvalue weighted by Crippen LogP contribution is 2.34. The molecule has 2 aliphatic rings. The second kappa shape index (κ2) is 7.64. The van der Waals surface area contributed by atoms with Crippen LogP contribution in [0.5, 0.6) is 11.5 Å². The first-order valence-corrected chi connectivity index (χ1v) is 9.97. The molecule has 1 fully saturated rings. The van der Waals surface area contributed by atoms with Crippen LogP contribution in [-0.4, -0.2) is 29.8 Å². The minimum atomic E-state index is 0.337. The van der Waals surface area contributed by atoms with Gasteiger partial charge in [-0.3, -0.25) is 9.88 Å². The quantitative estimate of drug-likeness (QED) is 0.655.